The van der Waals surface area contributed by atoms with Crippen molar-refractivity contribution >= 4 is 5.96 Å². The van der Waals surface area contributed by atoms with E-state index in [1.807, 2.05) is 17.0 Å². The third-order valence-electron chi connectivity index (χ3n) is 2.06. The van der Waals surface area contributed by atoms with Crippen LogP contribution in [0.1, 0.15) is 12.5 Å². The van der Waals surface area contributed by atoms with Gasteiger partial charge in [0.2, 0.25) is 0 Å². The monoisotopic (exact) mass is 192 g/mol. The van der Waals surface area contributed by atoms with E-state index in [2.05, 4.69) is 16.9 Å². The molecule has 0 aliphatic heterocycles. The van der Waals surface area contributed by atoms with Gasteiger partial charge in [-0.2, -0.15) is 0 Å². The van der Waals surface area contributed by atoms with Gasteiger partial charge in [0.05, 0.1) is 0 Å². The highest BCUT2D eigenvalue weighted by molar-refractivity contribution is 5.77. The summed E-state index contributed by atoms with van der Waals surface area (Å²) in [5, 5.41) is 0. The summed E-state index contributed by atoms with van der Waals surface area (Å²) < 4.78 is 0. The van der Waals surface area contributed by atoms with Crippen molar-refractivity contribution in [3.8, 4) is 0 Å². The second kappa shape index (κ2) is 5.21. The van der Waals surface area contributed by atoms with Gasteiger partial charge >= 0.3 is 0 Å². The summed E-state index contributed by atoms with van der Waals surface area (Å²) in [6.45, 7) is 3.69. The molecule has 0 amide bonds. The summed E-state index contributed by atoms with van der Waals surface area (Å²) >= 11 is 0. The molecule has 1 aromatic rings. The van der Waals surface area contributed by atoms with Gasteiger partial charge in [0, 0.05) is 32.5 Å². The number of pyridine rings is 1. The first-order chi connectivity index (χ1) is 6.77. The second-order valence-corrected chi connectivity index (χ2v) is 2.95. The Morgan fingerprint density at radius 3 is 2.64 bits per heavy atom. The lowest BCUT2D eigenvalue weighted by atomic mass is 10.2. The van der Waals surface area contributed by atoms with Crippen LogP contribution >= 0.6 is 0 Å². The van der Waals surface area contributed by atoms with Crippen LogP contribution in [0.4, 0.5) is 0 Å². The molecule has 76 valence electrons. The second-order valence-electron chi connectivity index (χ2n) is 2.95. The maximum Gasteiger partial charge on any atom is 0.191 e. The van der Waals surface area contributed by atoms with Crippen molar-refractivity contribution in [3.05, 3.63) is 30.1 Å². The molecule has 0 saturated carbocycles. The minimum atomic E-state index is 0.573. The van der Waals surface area contributed by atoms with Gasteiger partial charge in [0.1, 0.15) is 0 Å². The fourth-order valence-corrected chi connectivity index (χ4v) is 1.20. The van der Waals surface area contributed by atoms with Crippen LogP contribution in [0.15, 0.2) is 29.5 Å². The molecule has 0 aliphatic carbocycles. The Bertz CT molecular complexity index is 294. The Hall–Kier alpha value is -1.58. The molecule has 0 aromatic carbocycles. The summed E-state index contributed by atoms with van der Waals surface area (Å²) in [5.74, 6) is 0.573. The van der Waals surface area contributed by atoms with Gasteiger partial charge in [-0.15, -0.1) is 0 Å². The lowest BCUT2D eigenvalue weighted by Crippen LogP contribution is -2.36. The highest BCUT2D eigenvalue weighted by atomic mass is 15.2. The maximum atomic E-state index is 5.74. The smallest absolute Gasteiger partial charge is 0.191 e. The van der Waals surface area contributed by atoms with Gasteiger partial charge in [-0.25, -0.2) is 0 Å². The predicted molar refractivity (Wildman–Crippen MR) is 57.9 cm³/mol. The van der Waals surface area contributed by atoms with Gasteiger partial charge in [-0.1, -0.05) is 0 Å². The number of rotatable bonds is 3. The van der Waals surface area contributed by atoms with Crippen molar-refractivity contribution in [3.63, 3.8) is 0 Å². The van der Waals surface area contributed by atoms with E-state index in [1.165, 1.54) is 5.56 Å². The molecule has 0 saturated heterocycles. The van der Waals surface area contributed by atoms with Crippen molar-refractivity contribution in [2.45, 2.75) is 13.5 Å². The Kier molecular flexibility index (Phi) is 3.91. The van der Waals surface area contributed by atoms with E-state index in [4.69, 9.17) is 5.73 Å². The zero-order valence-corrected chi connectivity index (χ0v) is 8.64. The zero-order chi connectivity index (χ0) is 10.4. The minimum absolute atomic E-state index is 0.573. The number of hydrogen-bond donors (Lipinski definition) is 1. The number of guanidine groups is 1. The first kappa shape index (κ1) is 10.5. The lowest BCUT2D eigenvalue weighted by Gasteiger charge is -2.21. The highest BCUT2D eigenvalue weighted by Gasteiger charge is 2.04. The molecule has 1 heterocycles. The fourth-order valence-electron chi connectivity index (χ4n) is 1.20. The molecular formula is C10H16N4. The number of aromatic nitrogens is 1. The molecule has 0 aliphatic rings. The van der Waals surface area contributed by atoms with E-state index < -0.39 is 0 Å². The Morgan fingerprint density at radius 2 is 2.14 bits per heavy atom. The molecule has 0 fully saturated rings. The minimum Gasteiger partial charge on any atom is -0.370 e. The summed E-state index contributed by atoms with van der Waals surface area (Å²) in [5.41, 5.74) is 6.92. The standard InChI is InChI=1S/C10H16N4/c1-3-14(10(11)12-2)8-9-4-6-13-7-5-9/h4-7H,3,8H2,1-2H3,(H2,11,12). The van der Waals surface area contributed by atoms with Crippen molar-refractivity contribution in [2.75, 3.05) is 13.6 Å². The molecule has 0 spiro atoms. The SMILES string of the molecule is CCN(Cc1ccncc1)C(N)=NC. The predicted octanol–water partition coefficient (Wildman–Crippen LogP) is 0.848. The van der Waals surface area contributed by atoms with Crippen LogP contribution < -0.4 is 5.73 Å². The number of aliphatic imine (C=N–C) groups is 1. The average Bonchev–Trinajstić information content (AvgIpc) is 2.26. The van der Waals surface area contributed by atoms with Crippen LogP contribution in [0.2, 0.25) is 0 Å². The Balaban J connectivity index is 2.67. The molecule has 1 rings (SSSR count). The summed E-state index contributed by atoms with van der Waals surface area (Å²) in [4.78, 5) is 9.93. The zero-order valence-electron chi connectivity index (χ0n) is 8.64. The number of hydrogen-bond acceptors (Lipinski definition) is 2. The van der Waals surface area contributed by atoms with E-state index in [9.17, 15) is 0 Å². The quantitative estimate of drug-likeness (QED) is 0.570. The summed E-state index contributed by atoms with van der Waals surface area (Å²) in [6, 6.07) is 3.96. The van der Waals surface area contributed by atoms with Crippen LogP contribution in [0.3, 0.4) is 0 Å². The first-order valence-corrected chi connectivity index (χ1v) is 4.64. The van der Waals surface area contributed by atoms with Gasteiger partial charge in [0.25, 0.3) is 0 Å². The van der Waals surface area contributed by atoms with E-state index in [-0.39, 0.29) is 0 Å². The molecule has 4 heteroatoms. The van der Waals surface area contributed by atoms with Gasteiger partial charge in [0.15, 0.2) is 5.96 Å². The maximum absolute atomic E-state index is 5.74. The van der Waals surface area contributed by atoms with Gasteiger partial charge < -0.3 is 10.6 Å². The van der Waals surface area contributed by atoms with Crippen LogP contribution in [0, 0.1) is 0 Å². The van der Waals surface area contributed by atoms with E-state index in [0.717, 1.165) is 13.1 Å². The number of nitrogens with zero attached hydrogens (tertiary/aromatic N) is 3. The van der Waals surface area contributed by atoms with E-state index in [1.54, 1.807) is 19.4 Å². The molecule has 2 N–H and O–H groups in total. The number of nitrogens with two attached hydrogens (primary N) is 1. The topological polar surface area (TPSA) is 54.5 Å². The molecule has 4 nitrogen and oxygen atoms in total. The normalized spacial score (nSPS) is 11.4. The largest absolute Gasteiger partial charge is 0.370 e. The summed E-state index contributed by atoms with van der Waals surface area (Å²) in [7, 11) is 1.70. The van der Waals surface area contributed by atoms with Crippen molar-refractivity contribution in [1.29, 1.82) is 0 Å². The third kappa shape index (κ3) is 2.73. The van der Waals surface area contributed by atoms with Gasteiger partial charge in [-0.3, -0.25) is 9.98 Å². The van der Waals surface area contributed by atoms with Crippen molar-refractivity contribution in [2.24, 2.45) is 10.7 Å². The third-order valence-corrected chi connectivity index (χ3v) is 2.06. The molecule has 0 unspecified atom stereocenters. The molecular weight excluding hydrogens is 176 g/mol. The van der Waals surface area contributed by atoms with Crippen molar-refractivity contribution < 1.29 is 0 Å². The summed E-state index contributed by atoms with van der Waals surface area (Å²) in [6.07, 6.45) is 3.56. The average molecular weight is 192 g/mol. The fraction of sp³-hybridized carbons (Fsp3) is 0.400. The highest BCUT2D eigenvalue weighted by Crippen LogP contribution is 2.02. The van der Waals surface area contributed by atoms with E-state index in [0.29, 0.717) is 5.96 Å². The van der Waals surface area contributed by atoms with E-state index >= 15 is 0 Å². The van der Waals surface area contributed by atoms with Crippen LogP contribution in [-0.2, 0) is 6.54 Å². The van der Waals surface area contributed by atoms with Crippen molar-refractivity contribution in [1.82, 2.24) is 9.88 Å². The molecule has 0 radical (unpaired) electrons. The molecule has 0 atom stereocenters. The molecule has 1 aromatic heterocycles. The van der Waals surface area contributed by atoms with Crippen LogP contribution in [-0.4, -0.2) is 29.4 Å². The lowest BCUT2D eigenvalue weighted by molar-refractivity contribution is 0.429. The first-order valence-electron chi connectivity index (χ1n) is 4.64. The van der Waals surface area contributed by atoms with Crippen LogP contribution in [0.25, 0.3) is 0 Å². The van der Waals surface area contributed by atoms with Gasteiger partial charge in [-0.05, 0) is 24.6 Å². The van der Waals surface area contributed by atoms with Crippen LogP contribution in [0.5, 0.6) is 0 Å². The molecule has 0 bridgehead atoms. The Labute approximate surface area is 84.5 Å². The Morgan fingerprint density at radius 1 is 1.50 bits per heavy atom. The molecule has 14 heavy (non-hydrogen) atoms.